The van der Waals surface area contributed by atoms with E-state index in [0.717, 1.165) is 51.3 Å². The van der Waals surface area contributed by atoms with Gasteiger partial charge in [0.2, 0.25) is 0 Å². The first-order valence-corrected chi connectivity index (χ1v) is 9.43. The molecular weight excluding hydrogens is 394 g/mol. The third-order valence-electron chi connectivity index (χ3n) is 5.68. The zero-order valence-corrected chi connectivity index (χ0v) is 15.4. The summed E-state index contributed by atoms with van der Waals surface area (Å²) in [5.41, 5.74) is 5.86. The van der Waals surface area contributed by atoms with Crippen molar-refractivity contribution in [2.45, 2.75) is 25.7 Å². The maximum absolute atomic E-state index is 12.4. The van der Waals surface area contributed by atoms with E-state index in [4.69, 9.17) is 0 Å². The Kier molecular flexibility index (Phi) is 2.67. The van der Waals surface area contributed by atoms with E-state index < -0.39 is 0 Å². The minimum atomic E-state index is -0.108. The molecule has 1 aromatic carbocycles. The molecule has 2 aliphatic rings. The van der Waals surface area contributed by atoms with Gasteiger partial charge in [0.25, 0.3) is 0 Å². The molecule has 3 aromatic heterocycles. The second-order valence-electron chi connectivity index (χ2n) is 7.18. The van der Waals surface area contributed by atoms with Gasteiger partial charge in [-0.05, 0) is 30.0 Å². The summed E-state index contributed by atoms with van der Waals surface area (Å²) in [6.07, 6.45) is 10.7. The van der Waals surface area contributed by atoms with E-state index >= 15 is 0 Å². The highest BCUT2D eigenvalue weighted by Gasteiger charge is 2.30. The summed E-state index contributed by atoms with van der Waals surface area (Å²) in [6.45, 7) is 0. The lowest BCUT2D eigenvalue weighted by Crippen LogP contribution is -2.18. The summed E-state index contributed by atoms with van der Waals surface area (Å²) in [5.74, 6) is -0.119. The Morgan fingerprint density at radius 3 is 2.50 bits per heavy atom. The van der Waals surface area contributed by atoms with Crippen LogP contribution in [0.2, 0.25) is 0 Å². The number of ketones is 2. The number of carbonyl (C=O) groups is 2. The van der Waals surface area contributed by atoms with E-state index in [1.807, 2.05) is 9.79 Å². The number of H-pyrrole nitrogens is 2. The molecule has 26 heavy (non-hydrogen) atoms. The van der Waals surface area contributed by atoms with E-state index in [2.05, 4.69) is 44.5 Å². The number of hydrogen-bond acceptors (Lipinski definition) is 2. The van der Waals surface area contributed by atoms with Gasteiger partial charge in [-0.15, -0.1) is 0 Å². The average Bonchev–Trinajstić information content (AvgIpc) is 3.26. The van der Waals surface area contributed by atoms with Gasteiger partial charge >= 0.3 is 0 Å². The van der Waals surface area contributed by atoms with Crippen LogP contribution in [-0.2, 0) is 17.6 Å². The fourth-order valence-corrected chi connectivity index (χ4v) is 5.07. The Bertz CT molecular complexity index is 1330. The van der Waals surface area contributed by atoms with Crippen molar-refractivity contribution in [3.8, 4) is 0 Å². The number of Topliss-reactive ketones (excluding diaryl/α,β-unsaturated/α-hetero) is 2. The number of aromatic amines is 2. The zero-order chi connectivity index (χ0) is 17.6. The SMILES string of the molecule is O=C1CC(=O)c2[nH]c3c4[nH]c5c(c4c4cn(Br)cc4c3c2C1)CCC=C5. The molecule has 0 saturated carbocycles. The van der Waals surface area contributed by atoms with Gasteiger partial charge in [0.1, 0.15) is 5.78 Å². The quantitative estimate of drug-likeness (QED) is 0.423. The summed E-state index contributed by atoms with van der Waals surface area (Å²) in [7, 11) is 0. The molecule has 4 aromatic rings. The maximum Gasteiger partial charge on any atom is 0.186 e. The van der Waals surface area contributed by atoms with Gasteiger partial charge in [-0.1, -0.05) is 6.08 Å². The molecule has 0 fully saturated rings. The summed E-state index contributed by atoms with van der Waals surface area (Å²) in [5, 5.41) is 4.41. The number of rotatable bonds is 0. The Balaban J connectivity index is 1.89. The van der Waals surface area contributed by atoms with Crippen LogP contribution in [-0.4, -0.2) is 25.1 Å². The monoisotopic (exact) mass is 407 g/mol. The Morgan fingerprint density at radius 2 is 1.69 bits per heavy atom. The lowest BCUT2D eigenvalue weighted by molar-refractivity contribution is -0.117. The van der Waals surface area contributed by atoms with Crippen molar-refractivity contribution in [1.29, 1.82) is 0 Å². The fourth-order valence-electron chi connectivity index (χ4n) is 4.66. The standard InChI is InChI=1S/C20H14BrN3O2/c21-24-7-12-13(8-24)17-11-5-9(25)6-15(26)18(11)23-20(17)19-16(12)10-3-1-2-4-14(10)22-19/h2,4,7-8,22-23H,1,3,5-6H2. The van der Waals surface area contributed by atoms with Crippen molar-refractivity contribution in [3.05, 3.63) is 41.0 Å². The first-order valence-electron chi connectivity index (χ1n) is 8.72. The van der Waals surface area contributed by atoms with E-state index in [-0.39, 0.29) is 18.0 Å². The number of aryl methyl sites for hydroxylation is 1. The van der Waals surface area contributed by atoms with E-state index in [1.165, 1.54) is 10.9 Å². The molecule has 3 heterocycles. The third-order valence-corrected chi connectivity index (χ3v) is 6.09. The Labute approximate surface area is 156 Å². The number of benzene rings is 1. The molecule has 0 bridgehead atoms. The van der Waals surface area contributed by atoms with Crippen LogP contribution in [0.1, 0.15) is 40.2 Å². The molecule has 0 radical (unpaired) electrons. The highest BCUT2D eigenvalue weighted by Crippen LogP contribution is 2.43. The predicted molar refractivity (Wildman–Crippen MR) is 105 cm³/mol. The Hall–Kier alpha value is -2.60. The van der Waals surface area contributed by atoms with Crippen LogP contribution >= 0.6 is 16.1 Å². The topological polar surface area (TPSA) is 70.7 Å². The first kappa shape index (κ1) is 14.6. The van der Waals surface area contributed by atoms with E-state index in [0.29, 0.717) is 12.1 Å². The van der Waals surface area contributed by atoms with Crippen LogP contribution in [0.5, 0.6) is 0 Å². The largest absolute Gasteiger partial charge is 0.353 e. The minimum Gasteiger partial charge on any atom is -0.353 e. The molecule has 0 aliphatic heterocycles. The van der Waals surface area contributed by atoms with Crippen molar-refractivity contribution in [3.63, 3.8) is 0 Å². The highest BCUT2D eigenvalue weighted by atomic mass is 79.9. The first-order chi connectivity index (χ1) is 12.6. The van der Waals surface area contributed by atoms with Gasteiger partial charge in [0.05, 0.1) is 39.3 Å². The number of aromatic nitrogens is 3. The number of fused-ring (bicyclic) bond motifs is 10. The van der Waals surface area contributed by atoms with Gasteiger partial charge in [-0.25, -0.2) is 0 Å². The van der Waals surface area contributed by atoms with Crippen LogP contribution < -0.4 is 0 Å². The lowest BCUT2D eigenvalue weighted by atomic mass is 9.91. The molecular formula is C20H14BrN3O2. The Morgan fingerprint density at radius 1 is 0.962 bits per heavy atom. The minimum absolute atomic E-state index is 0.00444. The van der Waals surface area contributed by atoms with Gasteiger partial charge in [-0.3, -0.25) is 13.2 Å². The van der Waals surface area contributed by atoms with Crippen LogP contribution in [0.3, 0.4) is 0 Å². The molecule has 0 spiro atoms. The number of carbonyl (C=O) groups excluding carboxylic acids is 2. The molecule has 6 rings (SSSR count). The lowest BCUT2D eigenvalue weighted by Gasteiger charge is -2.09. The number of hydrogen-bond donors (Lipinski definition) is 2. The maximum atomic E-state index is 12.4. The van der Waals surface area contributed by atoms with Gasteiger partial charge in [-0.2, -0.15) is 0 Å². The average molecular weight is 408 g/mol. The van der Waals surface area contributed by atoms with Gasteiger partial charge in [0, 0.05) is 46.1 Å². The smallest absolute Gasteiger partial charge is 0.186 e. The molecule has 2 aliphatic carbocycles. The molecule has 6 heteroatoms. The second kappa shape index (κ2) is 4.76. The number of nitrogens with zero attached hydrogens (tertiary/aromatic N) is 1. The van der Waals surface area contributed by atoms with Crippen LogP contribution in [0.15, 0.2) is 18.5 Å². The molecule has 5 nitrogen and oxygen atoms in total. The molecule has 0 saturated heterocycles. The van der Waals surface area contributed by atoms with E-state index in [9.17, 15) is 9.59 Å². The van der Waals surface area contributed by atoms with E-state index in [1.54, 1.807) is 0 Å². The summed E-state index contributed by atoms with van der Waals surface area (Å²) < 4.78 is 1.88. The second-order valence-corrected chi connectivity index (χ2v) is 8.00. The molecule has 128 valence electrons. The zero-order valence-electron chi connectivity index (χ0n) is 13.8. The number of halogens is 1. The summed E-state index contributed by atoms with van der Waals surface area (Å²) in [4.78, 5) is 31.4. The third kappa shape index (κ3) is 1.70. The fraction of sp³-hybridized carbons (Fsp3) is 0.200. The molecule has 0 unspecified atom stereocenters. The number of allylic oxidation sites excluding steroid dienone is 1. The van der Waals surface area contributed by atoms with Crippen molar-refractivity contribution >= 4 is 66.4 Å². The van der Waals surface area contributed by atoms with Gasteiger partial charge in [0.15, 0.2) is 5.78 Å². The molecule has 0 amide bonds. The van der Waals surface area contributed by atoms with Crippen molar-refractivity contribution in [1.82, 2.24) is 13.6 Å². The number of nitrogens with one attached hydrogen (secondary N) is 2. The summed E-state index contributed by atoms with van der Waals surface area (Å²) >= 11 is 3.54. The van der Waals surface area contributed by atoms with Crippen molar-refractivity contribution < 1.29 is 9.59 Å². The van der Waals surface area contributed by atoms with Crippen molar-refractivity contribution in [2.24, 2.45) is 0 Å². The predicted octanol–water partition coefficient (Wildman–Crippen LogP) is 4.42. The van der Waals surface area contributed by atoms with Gasteiger partial charge < -0.3 is 9.97 Å². The van der Waals surface area contributed by atoms with Crippen LogP contribution in [0.25, 0.3) is 38.7 Å². The van der Waals surface area contributed by atoms with Crippen LogP contribution in [0.4, 0.5) is 0 Å². The van der Waals surface area contributed by atoms with Crippen LogP contribution in [0, 0.1) is 0 Å². The normalized spacial score (nSPS) is 16.8. The molecule has 2 N–H and O–H groups in total. The summed E-state index contributed by atoms with van der Waals surface area (Å²) in [6, 6.07) is 0. The highest BCUT2D eigenvalue weighted by molar-refractivity contribution is 9.08. The molecule has 0 atom stereocenters. The van der Waals surface area contributed by atoms with Crippen molar-refractivity contribution in [2.75, 3.05) is 0 Å².